The summed E-state index contributed by atoms with van der Waals surface area (Å²) < 4.78 is 0. The van der Waals surface area contributed by atoms with Gasteiger partial charge in [-0.2, -0.15) is 0 Å². The van der Waals surface area contributed by atoms with Crippen molar-refractivity contribution in [1.29, 1.82) is 0 Å². The number of rotatable bonds is 4. The average molecular weight is 144 g/mol. The van der Waals surface area contributed by atoms with Crippen LogP contribution in [-0.2, 0) is 0 Å². The lowest BCUT2D eigenvalue weighted by molar-refractivity contribution is 0.352. The molecule has 0 aromatic carbocycles. The van der Waals surface area contributed by atoms with Crippen LogP contribution in [0.25, 0.3) is 0 Å². The van der Waals surface area contributed by atoms with Crippen LogP contribution in [0.2, 0.25) is 0 Å². The Balaban J connectivity index is 3.30. The third-order valence-corrected chi connectivity index (χ3v) is 1.77. The minimum absolute atomic E-state index is 0.363. The number of nitrogens with two attached hydrogens (primary N) is 1. The monoisotopic (exact) mass is 144 g/mol. The van der Waals surface area contributed by atoms with Crippen LogP contribution in [0, 0.1) is 5.92 Å². The fraction of sp³-hybridized carbons (Fsp3) is 1.00. The molecule has 0 aliphatic carbocycles. The van der Waals surface area contributed by atoms with Crippen molar-refractivity contribution in [1.82, 2.24) is 4.90 Å². The molecule has 2 N–H and O–H groups in total. The molecule has 0 saturated carbocycles. The van der Waals surface area contributed by atoms with Gasteiger partial charge in [0.2, 0.25) is 0 Å². The van der Waals surface area contributed by atoms with Crippen LogP contribution in [0.1, 0.15) is 20.3 Å². The molecule has 0 bridgehead atoms. The summed E-state index contributed by atoms with van der Waals surface area (Å²) in [5.74, 6) is 0.611. The van der Waals surface area contributed by atoms with Crippen molar-refractivity contribution in [2.45, 2.75) is 26.3 Å². The Hall–Kier alpha value is -0.0800. The van der Waals surface area contributed by atoms with Gasteiger partial charge in [0.1, 0.15) is 0 Å². The van der Waals surface area contributed by atoms with E-state index in [-0.39, 0.29) is 0 Å². The summed E-state index contributed by atoms with van der Waals surface area (Å²) in [6.45, 7) is 5.43. The number of nitrogens with zero attached hydrogens (tertiary/aromatic N) is 1. The normalized spacial score (nSPS) is 14.7. The standard InChI is InChI=1S/C8H20N2/c1-7(2)8(9)5-6-10(3)4/h7-8H,5-6,9H2,1-4H3/t8-/m1/s1. The van der Waals surface area contributed by atoms with Crippen LogP contribution in [0.3, 0.4) is 0 Å². The Labute approximate surface area is 64.4 Å². The second-order valence-corrected chi connectivity index (χ2v) is 3.50. The highest BCUT2D eigenvalue weighted by molar-refractivity contribution is 4.65. The smallest absolute Gasteiger partial charge is 0.00740 e. The lowest BCUT2D eigenvalue weighted by Gasteiger charge is -2.17. The third-order valence-electron chi connectivity index (χ3n) is 1.77. The molecule has 0 rings (SSSR count). The fourth-order valence-electron chi connectivity index (χ4n) is 0.741. The Kier molecular flexibility index (Phi) is 4.65. The molecular weight excluding hydrogens is 124 g/mol. The van der Waals surface area contributed by atoms with Crippen LogP contribution >= 0.6 is 0 Å². The van der Waals surface area contributed by atoms with Crippen LogP contribution in [0.15, 0.2) is 0 Å². The first-order valence-corrected chi connectivity index (χ1v) is 3.94. The van der Waals surface area contributed by atoms with Gasteiger partial charge in [0.25, 0.3) is 0 Å². The van der Waals surface area contributed by atoms with E-state index in [2.05, 4.69) is 32.8 Å². The van der Waals surface area contributed by atoms with Crippen molar-refractivity contribution in [3.05, 3.63) is 0 Å². The van der Waals surface area contributed by atoms with Gasteiger partial charge in [-0.15, -0.1) is 0 Å². The Morgan fingerprint density at radius 3 is 2.10 bits per heavy atom. The minimum atomic E-state index is 0.363. The maximum Gasteiger partial charge on any atom is 0.00740 e. The van der Waals surface area contributed by atoms with E-state index < -0.39 is 0 Å². The van der Waals surface area contributed by atoms with Gasteiger partial charge in [0, 0.05) is 6.04 Å². The van der Waals surface area contributed by atoms with Crippen molar-refractivity contribution in [2.24, 2.45) is 11.7 Å². The lowest BCUT2D eigenvalue weighted by atomic mass is 10.0. The quantitative estimate of drug-likeness (QED) is 0.636. The summed E-state index contributed by atoms with van der Waals surface area (Å²) in [4.78, 5) is 2.17. The molecule has 2 heteroatoms. The first-order valence-electron chi connectivity index (χ1n) is 3.94. The van der Waals surface area contributed by atoms with Gasteiger partial charge in [-0.3, -0.25) is 0 Å². The van der Waals surface area contributed by atoms with Crippen molar-refractivity contribution in [2.75, 3.05) is 20.6 Å². The van der Waals surface area contributed by atoms with Crippen LogP contribution in [-0.4, -0.2) is 31.6 Å². The topological polar surface area (TPSA) is 29.3 Å². The van der Waals surface area contributed by atoms with E-state index >= 15 is 0 Å². The molecule has 10 heavy (non-hydrogen) atoms. The van der Waals surface area contributed by atoms with Crippen LogP contribution in [0.5, 0.6) is 0 Å². The van der Waals surface area contributed by atoms with E-state index in [0.29, 0.717) is 12.0 Å². The molecule has 2 nitrogen and oxygen atoms in total. The first-order chi connectivity index (χ1) is 4.54. The molecule has 0 aliphatic heterocycles. The van der Waals surface area contributed by atoms with E-state index in [1.807, 2.05) is 0 Å². The van der Waals surface area contributed by atoms with Crippen LogP contribution < -0.4 is 5.73 Å². The summed E-state index contributed by atoms with van der Waals surface area (Å²) in [7, 11) is 4.15. The van der Waals surface area contributed by atoms with Gasteiger partial charge in [-0.25, -0.2) is 0 Å². The van der Waals surface area contributed by atoms with Crippen molar-refractivity contribution in [3.63, 3.8) is 0 Å². The fourth-order valence-corrected chi connectivity index (χ4v) is 0.741. The summed E-state index contributed by atoms with van der Waals surface area (Å²) >= 11 is 0. The van der Waals surface area contributed by atoms with E-state index in [9.17, 15) is 0 Å². The molecule has 62 valence electrons. The molecule has 0 radical (unpaired) electrons. The van der Waals surface area contributed by atoms with Crippen LogP contribution in [0.4, 0.5) is 0 Å². The zero-order valence-corrected chi connectivity index (χ0v) is 7.59. The van der Waals surface area contributed by atoms with E-state index in [4.69, 9.17) is 5.73 Å². The summed E-state index contributed by atoms with van der Waals surface area (Å²) in [6.07, 6.45) is 1.10. The molecule has 0 fully saturated rings. The number of hydrogen-bond donors (Lipinski definition) is 1. The number of hydrogen-bond acceptors (Lipinski definition) is 2. The van der Waals surface area contributed by atoms with Crippen molar-refractivity contribution < 1.29 is 0 Å². The maximum atomic E-state index is 5.84. The highest BCUT2D eigenvalue weighted by Crippen LogP contribution is 2.02. The van der Waals surface area contributed by atoms with E-state index in [0.717, 1.165) is 13.0 Å². The molecule has 1 atom stereocenters. The second-order valence-electron chi connectivity index (χ2n) is 3.50. The molecule has 0 aromatic heterocycles. The van der Waals surface area contributed by atoms with Gasteiger partial charge in [0.15, 0.2) is 0 Å². The zero-order valence-electron chi connectivity index (χ0n) is 7.59. The molecule has 0 amide bonds. The zero-order chi connectivity index (χ0) is 8.15. The molecule has 0 spiro atoms. The molecular formula is C8H20N2. The van der Waals surface area contributed by atoms with Gasteiger partial charge in [-0.1, -0.05) is 13.8 Å². The first kappa shape index (κ1) is 9.92. The molecule has 0 heterocycles. The van der Waals surface area contributed by atoms with Gasteiger partial charge in [-0.05, 0) is 33.0 Å². The SMILES string of the molecule is CC(C)[C@H](N)CCN(C)C. The van der Waals surface area contributed by atoms with Crippen molar-refractivity contribution in [3.8, 4) is 0 Å². The molecule has 0 aliphatic rings. The van der Waals surface area contributed by atoms with E-state index in [1.165, 1.54) is 0 Å². The Morgan fingerprint density at radius 1 is 1.30 bits per heavy atom. The summed E-state index contributed by atoms with van der Waals surface area (Å²) in [6, 6.07) is 0.363. The third kappa shape index (κ3) is 4.77. The van der Waals surface area contributed by atoms with Gasteiger partial charge < -0.3 is 10.6 Å². The lowest BCUT2D eigenvalue weighted by Crippen LogP contribution is -2.30. The summed E-state index contributed by atoms with van der Waals surface area (Å²) in [5, 5.41) is 0. The second kappa shape index (κ2) is 4.69. The van der Waals surface area contributed by atoms with E-state index in [1.54, 1.807) is 0 Å². The van der Waals surface area contributed by atoms with Crippen molar-refractivity contribution >= 4 is 0 Å². The van der Waals surface area contributed by atoms with Gasteiger partial charge in [0.05, 0.1) is 0 Å². The molecule has 0 unspecified atom stereocenters. The highest BCUT2D eigenvalue weighted by atomic mass is 15.0. The molecule has 0 aromatic rings. The highest BCUT2D eigenvalue weighted by Gasteiger charge is 2.06. The predicted molar refractivity (Wildman–Crippen MR) is 46.0 cm³/mol. The largest absolute Gasteiger partial charge is 0.327 e. The minimum Gasteiger partial charge on any atom is -0.327 e. The predicted octanol–water partition coefficient (Wildman–Crippen LogP) is 0.921. The average Bonchev–Trinajstić information content (AvgIpc) is 1.82. The molecule has 0 saturated heterocycles. The Morgan fingerprint density at radius 2 is 1.80 bits per heavy atom. The maximum absolute atomic E-state index is 5.84. The summed E-state index contributed by atoms with van der Waals surface area (Å²) in [5.41, 5.74) is 5.84. The Bertz CT molecular complexity index is 79.3. The van der Waals surface area contributed by atoms with Gasteiger partial charge >= 0.3 is 0 Å².